The standard InChI is InChI=1S/C11H8ClNO4/c1-16-6-2-3-8(12)7(4-6)10-5-9(11(14)15)13-17-10/h2-5H,1H3,(H,14,15). The number of carboxylic acids is 1. The lowest BCUT2D eigenvalue weighted by Gasteiger charge is -2.03. The van der Waals surface area contributed by atoms with Crippen LogP contribution in [0.1, 0.15) is 10.5 Å². The molecule has 0 unspecified atom stereocenters. The van der Waals surface area contributed by atoms with Crippen molar-refractivity contribution in [3.8, 4) is 17.1 Å². The van der Waals surface area contributed by atoms with Crippen LogP contribution in [0.15, 0.2) is 28.8 Å². The maximum atomic E-state index is 10.7. The zero-order valence-corrected chi connectivity index (χ0v) is 9.56. The van der Waals surface area contributed by atoms with Gasteiger partial charge in [-0.25, -0.2) is 4.79 Å². The first-order chi connectivity index (χ1) is 8.11. The van der Waals surface area contributed by atoms with Gasteiger partial charge in [0, 0.05) is 11.6 Å². The van der Waals surface area contributed by atoms with Crippen molar-refractivity contribution in [2.75, 3.05) is 7.11 Å². The molecule has 0 amide bonds. The number of methoxy groups -OCH3 is 1. The van der Waals surface area contributed by atoms with E-state index in [0.29, 0.717) is 16.3 Å². The molecule has 0 aliphatic carbocycles. The predicted molar refractivity (Wildman–Crippen MR) is 60.5 cm³/mol. The molecular weight excluding hydrogens is 246 g/mol. The van der Waals surface area contributed by atoms with Crippen LogP contribution in [0.3, 0.4) is 0 Å². The molecular formula is C11H8ClNO4. The van der Waals surface area contributed by atoms with E-state index in [1.807, 2.05) is 0 Å². The Kier molecular flexibility index (Phi) is 3.01. The van der Waals surface area contributed by atoms with Gasteiger partial charge in [-0.3, -0.25) is 0 Å². The van der Waals surface area contributed by atoms with Crippen LogP contribution in [0.25, 0.3) is 11.3 Å². The monoisotopic (exact) mass is 253 g/mol. The fourth-order valence-corrected chi connectivity index (χ4v) is 1.53. The van der Waals surface area contributed by atoms with Gasteiger partial charge in [0.05, 0.1) is 12.1 Å². The van der Waals surface area contributed by atoms with Crippen molar-refractivity contribution in [1.29, 1.82) is 0 Å². The molecule has 0 radical (unpaired) electrons. The number of carbonyl (C=O) groups is 1. The highest BCUT2D eigenvalue weighted by molar-refractivity contribution is 6.33. The van der Waals surface area contributed by atoms with E-state index < -0.39 is 5.97 Å². The molecule has 1 N–H and O–H groups in total. The summed E-state index contributed by atoms with van der Waals surface area (Å²) in [6.45, 7) is 0. The Labute approximate surface area is 102 Å². The van der Waals surface area contributed by atoms with Crippen molar-refractivity contribution < 1.29 is 19.2 Å². The minimum Gasteiger partial charge on any atom is -0.497 e. The van der Waals surface area contributed by atoms with Gasteiger partial charge in [0.1, 0.15) is 5.75 Å². The van der Waals surface area contributed by atoms with E-state index in [0.717, 1.165) is 0 Å². The van der Waals surface area contributed by atoms with E-state index in [2.05, 4.69) is 5.16 Å². The average molecular weight is 254 g/mol. The predicted octanol–water partition coefficient (Wildman–Crippen LogP) is 2.70. The Morgan fingerprint density at radius 2 is 2.24 bits per heavy atom. The summed E-state index contributed by atoms with van der Waals surface area (Å²) in [6.07, 6.45) is 0. The van der Waals surface area contributed by atoms with Crippen LogP contribution in [0, 0.1) is 0 Å². The van der Waals surface area contributed by atoms with Gasteiger partial charge in [0.2, 0.25) is 0 Å². The van der Waals surface area contributed by atoms with E-state index in [1.165, 1.54) is 13.2 Å². The van der Waals surface area contributed by atoms with Crippen LogP contribution in [0.5, 0.6) is 5.75 Å². The van der Waals surface area contributed by atoms with Gasteiger partial charge in [-0.05, 0) is 18.2 Å². The molecule has 1 aromatic heterocycles. The highest BCUT2D eigenvalue weighted by atomic mass is 35.5. The lowest BCUT2D eigenvalue weighted by molar-refractivity contribution is 0.0686. The first kappa shape index (κ1) is 11.5. The van der Waals surface area contributed by atoms with Crippen LogP contribution in [0.4, 0.5) is 0 Å². The lowest BCUT2D eigenvalue weighted by Crippen LogP contribution is -1.94. The van der Waals surface area contributed by atoms with Crippen LogP contribution >= 0.6 is 11.6 Å². The molecule has 0 aliphatic rings. The van der Waals surface area contributed by atoms with Gasteiger partial charge in [-0.15, -0.1) is 0 Å². The second-order valence-electron chi connectivity index (χ2n) is 3.23. The van der Waals surface area contributed by atoms with Gasteiger partial charge in [0.15, 0.2) is 11.5 Å². The molecule has 2 rings (SSSR count). The summed E-state index contributed by atoms with van der Waals surface area (Å²) < 4.78 is 9.97. The Balaban J connectivity index is 2.47. The number of ether oxygens (including phenoxy) is 1. The molecule has 6 heteroatoms. The fourth-order valence-electron chi connectivity index (χ4n) is 1.32. The van der Waals surface area contributed by atoms with Gasteiger partial charge in [-0.2, -0.15) is 0 Å². The molecule has 0 spiro atoms. The molecule has 0 saturated heterocycles. The quantitative estimate of drug-likeness (QED) is 0.910. The van der Waals surface area contributed by atoms with Crippen LogP contribution in [-0.4, -0.2) is 23.3 Å². The maximum Gasteiger partial charge on any atom is 0.358 e. The minimum atomic E-state index is -1.15. The summed E-state index contributed by atoms with van der Waals surface area (Å²) in [5.41, 5.74) is 0.366. The third-order valence-electron chi connectivity index (χ3n) is 2.17. The zero-order valence-electron chi connectivity index (χ0n) is 8.81. The number of hydrogen-bond acceptors (Lipinski definition) is 4. The van der Waals surface area contributed by atoms with Crippen LogP contribution < -0.4 is 4.74 Å². The third-order valence-corrected chi connectivity index (χ3v) is 2.50. The number of benzene rings is 1. The highest BCUT2D eigenvalue weighted by Crippen LogP contribution is 2.31. The van der Waals surface area contributed by atoms with Crippen LogP contribution in [-0.2, 0) is 0 Å². The number of aromatic carboxylic acids is 1. The van der Waals surface area contributed by atoms with Gasteiger partial charge in [0.25, 0.3) is 0 Å². The van der Waals surface area contributed by atoms with E-state index in [4.69, 9.17) is 26.0 Å². The van der Waals surface area contributed by atoms with Crippen molar-refractivity contribution in [2.24, 2.45) is 0 Å². The largest absolute Gasteiger partial charge is 0.497 e. The number of rotatable bonds is 3. The maximum absolute atomic E-state index is 10.7. The molecule has 1 heterocycles. The molecule has 0 bridgehead atoms. The summed E-state index contributed by atoms with van der Waals surface area (Å²) in [5, 5.41) is 12.6. The third kappa shape index (κ3) is 2.24. The molecule has 1 aromatic carbocycles. The summed E-state index contributed by atoms with van der Waals surface area (Å²) in [6, 6.07) is 6.29. The first-order valence-electron chi connectivity index (χ1n) is 4.65. The summed E-state index contributed by atoms with van der Waals surface area (Å²) in [4.78, 5) is 10.7. The number of nitrogens with zero attached hydrogens (tertiary/aromatic N) is 1. The second-order valence-corrected chi connectivity index (χ2v) is 3.63. The van der Waals surface area contributed by atoms with E-state index >= 15 is 0 Å². The average Bonchev–Trinajstić information content (AvgIpc) is 2.79. The number of aromatic nitrogens is 1. The Morgan fingerprint density at radius 3 is 2.82 bits per heavy atom. The highest BCUT2D eigenvalue weighted by Gasteiger charge is 2.15. The van der Waals surface area contributed by atoms with Gasteiger partial charge in [-0.1, -0.05) is 16.8 Å². The van der Waals surface area contributed by atoms with Gasteiger partial charge < -0.3 is 14.4 Å². The molecule has 0 fully saturated rings. The molecule has 0 aliphatic heterocycles. The number of carboxylic acid groups (broad SMARTS) is 1. The fraction of sp³-hybridized carbons (Fsp3) is 0.0909. The van der Waals surface area contributed by atoms with Crippen molar-refractivity contribution >= 4 is 17.6 Å². The summed E-state index contributed by atoms with van der Waals surface area (Å²) in [7, 11) is 1.52. The summed E-state index contributed by atoms with van der Waals surface area (Å²) >= 11 is 5.99. The van der Waals surface area contributed by atoms with Gasteiger partial charge >= 0.3 is 5.97 Å². The summed E-state index contributed by atoms with van der Waals surface area (Å²) in [5.74, 6) is -0.275. The van der Waals surface area contributed by atoms with Crippen molar-refractivity contribution in [1.82, 2.24) is 5.16 Å². The smallest absolute Gasteiger partial charge is 0.358 e. The van der Waals surface area contributed by atoms with E-state index in [-0.39, 0.29) is 11.5 Å². The van der Waals surface area contributed by atoms with Crippen molar-refractivity contribution in [2.45, 2.75) is 0 Å². The molecule has 0 atom stereocenters. The zero-order chi connectivity index (χ0) is 12.4. The normalized spacial score (nSPS) is 10.2. The lowest BCUT2D eigenvalue weighted by atomic mass is 10.1. The SMILES string of the molecule is COc1ccc(Cl)c(-c2cc(C(=O)O)no2)c1. The number of halogens is 1. The Hall–Kier alpha value is -2.01. The number of hydrogen-bond donors (Lipinski definition) is 1. The molecule has 5 nitrogen and oxygen atoms in total. The van der Waals surface area contributed by atoms with Crippen molar-refractivity contribution in [3.63, 3.8) is 0 Å². The first-order valence-corrected chi connectivity index (χ1v) is 5.03. The van der Waals surface area contributed by atoms with E-state index in [9.17, 15) is 4.79 Å². The molecule has 17 heavy (non-hydrogen) atoms. The molecule has 88 valence electrons. The van der Waals surface area contributed by atoms with Crippen LogP contribution in [0.2, 0.25) is 5.02 Å². The Bertz CT molecular complexity index is 564. The minimum absolute atomic E-state index is 0.168. The topological polar surface area (TPSA) is 72.6 Å². The molecule has 0 saturated carbocycles. The second kappa shape index (κ2) is 4.47. The van der Waals surface area contributed by atoms with E-state index in [1.54, 1.807) is 18.2 Å². The molecule has 2 aromatic rings. The Morgan fingerprint density at radius 1 is 1.47 bits per heavy atom. The van der Waals surface area contributed by atoms with Crippen molar-refractivity contribution in [3.05, 3.63) is 35.0 Å².